The molecule has 0 bridgehead atoms. The third-order valence-corrected chi connectivity index (χ3v) is 4.83. The first kappa shape index (κ1) is 21.5. The first-order valence-electron chi connectivity index (χ1n) is 9.26. The maximum absolute atomic E-state index is 12.3. The number of amides is 1. The predicted octanol–water partition coefficient (Wildman–Crippen LogP) is 5.70. The van der Waals surface area contributed by atoms with Gasteiger partial charge < -0.3 is 19.5 Å². The van der Waals surface area contributed by atoms with Gasteiger partial charge in [-0.2, -0.15) is 0 Å². The lowest BCUT2D eigenvalue weighted by Crippen LogP contribution is -2.07. The highest BCUT2D eigenvalue weighted by atomic mass is 79.9. The molecule has 154 valence electrons. The van der Waals surface area contributed by atoms with Gasteiger partial charge in [0.05, 0.1) is 14.2 Å². The number of benzene rings is 3. The molecule has 3 aromatic carbocycles. The maximum Gasteiger partial charge on any atom is 0.248 e. The summed E-state index contributed by atoms with van der Waals surface area (Å²) in [7, 11) is 3.19. The highest BCUT2D eigenvalue weighted by molar-refractivity contribution is 9.10. The molecule has 0 aliphatic rings. The van der Waals surface area contributed by atoms with Crippen LogP contribution >= 0.6 is 15.9 Å². The van der Waals surface area contributed by atoms with E-state index in [0.717, 1.165) is 21.3 Å². The molecule has 0 aromatic heterocycles. The number of hydrogen-bond acceptors (Lipinski definition) is 4. The van der Waals surface area contributed by atoms with E-state index in [1.807, 2.05) is 42.5 Å². The topological polar surface area (TPSA) is 56.8 Å². The lowest BCUT2D eigenvalue weighted by molar-refractivity contribution is -0.111. The Balaban J connectivity index is 1.72. The molecule has 0 saturated heterocycles. The van der Waals surface area contributed by atoms with Gasteiger partial charge in [-0.25, -0.2) is 0 Å². The smallest absolute Gasteiger partial charge is 0.248 e. The average molecular weight is 468 g/mol. The molecule has 0 atom stereocenters. The van der Waals surface area contributed by atoms with Gasteiger partial charge in [-0.05, 0) is 54.1 Å². The second kappa shape index (κ2) is 10.5. The molecule has 0 spiro atoms. The highest BCUT2D eigenvalue weighted by Crippen LogP contribution is 2.33. The molecule has 0 heterocycles. The minimum absolute atomic E-state index is 0.248. The number of anilines is 1. The van der Waals surface area contributed by atoms with Crippen LogP contribution in [0.3, 0.4) is 0 Å². The van der Waals surface area contributed by atoms with Crippen molar-refractivity contribution < 1.29 is 19.0 Å². The quantitative estimate of drug-likeness (QED) is 0.431. The van der Waals surface area contributed by atoms with Crippen LogP contribution < -0.4 is 19.5 Å². The molecular formula is C24H22BrNO4. The Labute approximate surface area is 184 Å². The van der Waals surface area contributed by atoms with Gasteiger partial charge in [0.1, 0.15) is 12.4 Å². The lowest BCUT2D eigenvalue weighted by atomic mass is 10.1. The van der Waals surface area contributed by atoms with Gasteiger partial charge in [-0.1, -0.05) is 40.2 Å². The van der Waals surface area contributed by atoms with Crippen molar-refractivity contribution >= 4 is 33.6 Å². The number of nitrogens with one attached hydrogen (secondary N) is 1. The maximum atomic E-state index is 12.3. The summed E-state index contributed by atoms with van der Waals surface area (Å²) >= 11 is 3.43. The van der Waals surface area contributed by atoms with Crippen molar-refractivity contribution in [3.05, 3.63) is 88.4 Å². The van der Waals surface area contributed by atoms with Gasteiger partial charge in [-0.3, -0.25) is 4.79 Å². The highest BCUT2D eigenvalue weighted by Gasteiger charge is 2.10. The summed E-state index contributed by atoms with van der Waals surface area (Å²) in [6, 6.07) is 20.6. The zero-order chi connectivity index (χ0) is 21.3. The third-order valence-electron chi connectivity index (χ3n) is 4.30. The average Bonchev–Trinajstić information content (AvgIpc) is 2.78. The van der Waals surface area contributed by atoms with E-state index in [1.165, 1.54) is 6.08 Å². The monoisotopic (exact) mass is 467 g/mol. The lowest BCUT2D eigenvalue weighted by Gasteiger charge is -2.13. The Kier molecular flexibility index (Phi) is 7.51. The number of methoxy groups -OCH3 is 2. The number of hydrogen-bond donors (Lipinski definition) is 1. The van der Waals surface area contributed by atoms with E-state index in [-0.39, 0.29) is 5.91 Å². The molecule has 0 unspecified atom stereocenters. The summed E-state index contributed by atoms with van der Waals surface area (Å²) in [4.78, 5) is 12.3. The van der Waals surface area contributed by atoms with Crippen LogP contribution in [0, 0.1) is 0 Å². The van der Waals surface area contributed by atoms with Gasteiger partial charge in [0.25, 0.3) is 0 Å². The van der Waals surface area contributed by atoms with Gasteiger partial charge in [0, 0.05) is 21.8 Å². The van der Waals surface area contributed by atoms with Crippen LogP contribution in [0.2, 0.25) is 0 Å². The summed E-state index contributed by atoms with van der Waals surface area (Å²) < 4.78 is 17.6. The molecule has 0 saturated carbocycles. The number of ether oxygens (including phenoxy) is 3. The fourth-order valence-corrected chi connectivity index (χ4v) is 3.00. The molecule has 0 fully saturated rings. The summed E-state index contributed by atoms with van der Waals surface area (Å²) in [5, 5.41) is 2.82. The fraction of sp³-hybridized carbons (Fsp3) is 0.125. The Morgan fingerprint density at radius 2 is 1.70 bits per heavy atom. The van der Waals surface area contributed by atoms with Crippen LogP contribution in [0.1, 0.15) is 11.1 Å². The number of rotatable bonds is 8. The summed E-state index contributed by atoms with van der Waals surface area (Å²) in [5.41, 5.74) is 2.45. The summed E-state index contributed by atoms with van der Waals surface area (Å²) in [6.07, 6.45) is 3.17. The minimum Gasteiger partial charge on any atom is -0.497 e. The summed E-state index contributed by atoms with van der Waals surface area (Å²) in [5.74, 6) is 1.66. The van der Waals surface area contributed by atoms with Crippen LogP contribution in [-0.2, 0) is 11.4 Å². The van der Waals surface area contributed by atoms with Gasteiger partial charge in [-0.15, -0.1) is 0 Å². The standard InChI is InChI=1S/C24H22BrNO4/c1-28-21-13-11-20(12-14-21)26-23(27)15-8-18-4-3-5-22(29-2)24(18)30-16-17-6-9-19(25)10-7-17/h3-15H,16H2,1-2H3,(H,26,27)/b15-8+. The van der Waals surface area contributed by atoms with Crippen molar-refractivity contribution in [1.82, 2.24) is 0 Å². The van der Waals surface area contributed by atoms with E-state index in [4.69, 9.17) is 14.2 Å². The number of carbonyl (C=O) groups excluding carboxylic acids is 1. The van der Waals surface area contributed by atoms with Gasteiger partial charge in [0.2, 0.25) is 5.91 Å². The number of para-hydroxylation sites is 1. The number of halogens is 1. The molecule has 3 aromatic rings. The van der Waals surface area contributed by atoms with Crippen molar-refractivity contribution in [3.63, 3.8) is 0 Å². The number of carbonyl (C=O) groups is 1. The SMILES string of the molecule is COc1ccc(NC(=O)/C=C/c2cccc(OC)c2OCc2ccc(Br)cc2)cc1. The van der Waals surface area contributed by atoms with E-state index < -0.39 is 0 Å². The normalized spacial score (nSPS) is 10.6. The zero-order valence-electron chi connectivity index (χ0n) is 16.7. The van der Waals surface area contributed by atoms with Crippen molar-refractivity contribution in [1.29, 1.82) is 0 Å². The first-order chi connectivity index (χ1) is 14.6. The fourth-order valence-electron chi connectivity index (χ4n) is 2.74. The summed E-state index contributed by atoms with van der Waals surface area (Å²) in [6.45, 7) is 0.381. The molecule has 0 aliphatic carbocycles. The Hall–Kier alpha value is -3.25. The van der Waals surface area contributed by atoms with Crippen molar-refractivity contribution in [2.75, 3.05) is 19.5 Å². The van der Waals surface area contributed by atoms with E-state index in [0.29, 0.717) is 23.8 Å². The largest absolute Gasteiger partial charge is 0.497 e. The molecule has 0 radical (unpaired) electrons. The minimum atomic E-state index is -0.248. The second-order valence-corrected chi connectivity index (χ2v) is 7.26. The molecule has 5 nitrogen and oxygen atoms in total. The zero-order valence-corrected chi connectivity index (χ0v) is 18.3. The molecule has 6 heteroatoms. The van der Waals surface area contributed by atoms with E-state index in [2.05, 4.69) is 21.2 Å². The van der Waals surface area contributed by atoms with Crippen LogP contribution in [0.15, 0.2) is 77.3 Å². The van der Waals surface area contributed by atoms with Crippen LogP contribution in [0.5, 0.6) is 17.2 Å². The molecule has 1 N–H and O–H groups in total. The van der Waals surface area contributed by atoms with Gasteiger partial charge in [0.15, 0.2) is 11.5 Å². The van der Waals surface area contributed by atoms with E-state index >= 15 is 0 Å². The van der Waals surface area contributed by atoms with Gasteiger partial charge >= 0.3 is 0 Å². The van der Waals surface area contributed by atoms with E-state index in [1.54, 1.807) is 44.6 Å². The third kappa shape index (κ3) is 5.87. The molecule has 30 heavy (non-hydrogen) atoms. The molecular weight excluding hydrogens is 446 g/mol. The molecule has 3 rings (SSSR count). The first-order valence-corrected chi connectivity index (χ1v) is 10.1. The van der Waals surface area contributed by atoms with Crippen LogP contribution in [-0.4, -0.2) is 20.1 Å². The molecule has 0 aliphatic heterocycles. The van der Waals surface area contributed by atoms with Crippen molar-refractivity contribution in [2.24, 2.45) is 0 Å². The molecule has 1 amide bonds. The van der Waals surface area contributed by atoms with Crippen LogP contribution in [0.25, 0.3) is 6.08 Å². The predicted molar refractivity (Wildman–Crippen MR) is 122 cm³/mol. The Bertz CT molecular complexity index is 1010. The Morgan fingerprint density at radius 3 is 2.37 bits per heavy atom. The van der Waals surface area contributed by atoms with Crippen LogP contribution in [0.4, 0.5) is 5.69 Å². The van der Waals surface area contributed by atoms with Crippen molar-refractivity contribution in [2.45, 2.75) is 6.61 Å². The second-order valence-electron chi connectivity index (χ2n) is 6.34. The van der Waals surface area contributed by atoms with E-state index in [9.17, 15) is 4.79 Å². The van der Waals surface area contributed by atoms with Crippen molar-refractivity contribution in [3.8, 4) is 17.2 Å². The Morgan fingerprint density at radius 1 is 0.967 bits per heavy atom.